The molecule has 2 atom stereocenters. The third kappa shape index (κ3) is 6.89. The molecule has 1 aliphatic carbocycles. The normalized spacial score (nSPS) is 17.9. The molecule has 1 aliphatic rings. The summed E-state index contributed by atoms with van der Waals surface area (Å²) in [5, 5.41) is 12.7. The Bertz CT molecular complexity index is 475. The fraction of sp³-hybridized carbons (Fsp3) is 0.632. The maximum Gasteiger partial charge on any atom is 0.407 e. The van der Waals surface area contributed by atoms with Crippen LogP contribution in [0.1, 0.15) is 50.5 Å². The van der Waals surface area contributed by atoms with Crippen LogP contribution in [0.3, 0.4) is 0 Å². The fourth-order valence-electron chi connectivity index (χ4n) is 3.21. The van der Waals surface area contributed by atoms with Crippen molar-refractivity contribution in [3.8, 4) is 0 Å². The zero-order valence-corrected chi connectivity index (χ0v) is 14.3. The van der Waals surface area contributed by atoms with E-state index >= 15 is 0 Å². The highest BCUT2D eigenvalue weighted by atomic mass is 16.5. The van der Waals surface area contributed by atoms with Crippen molar-refractivity contribution < 1.29 is 14.6 Å². The molecule has 5 nitrogen and oxygen atoms in total. The Balaban J connectivity index is 1.58. The maximum atomic E-state index is 11.7. The topological polar surface area (TPSA) is 84.6 Å². The van der Waals surface area contributed by atoms with Gasteiger partial charge in [0.05, 0.1) is 6.10 Å². The van der Waals surface area contributed by atoms with Gasteiger partial charge >= 0.3 is 6.09 Å². The number of amides is 1. The van der Waals surface area contributed by atoms with E-state index in [1.165, 1.54) is 32.1 Å². The van der Waals surface area contributed by atoms with Gasteiger partial charge in [0.25, 0.3) is 0 Å². The third-order valence-electron chi connectivity index (χ3n) is 4.80. The van der Waals surface area contributed by atoms with E-state index in [-0.39, 0.29) is 19.2 Å². The first kappa shape index (κ1) is 18.7. The van der Waals surface area contributed by atoms with Crippen LogP contribution >= 0.6 is 0 Å². The van der Waals surface area contributed by atoms with Crippen LogP contribution in [0.5, 0.6) is 0 Å². The van der Waals surface area contributed by atoms with Gasteiger partial charge < -0.3 is 20.9 Å². The van der Waals surface area contributed by atoms with E-state index in [1.807, 2.05) is 30.3 Å². The number of benzene rings is 1. The summed E-state index contributed by atoms with van der Waals surface area (Å²) in [7, 11) is 0. The van der Waals surface area contributed by atoms with Gasteiger partial charge in [-0.3, -0.25) is 0 Å². The first-order chi connectivity index (χ1) is 11.6. The van der Waals surface area contributed by atoms with Crippen LogP contribution in [0.2, 0.25) is 0 Å². The highest BCUT2D eigenvalue weighted by Gasteiger charge is 2.19. The van der Waals surface area contributed by atoms with Crippen molar-refractivity contribution in [2.75, 3.05) is 6.54 Å². The molecule has 0 spiro atoms. The second-order valence-electron chi connectivity index (χ2n) is 6.76. The second kappa shape index (κ2) is 10.3. The molecule has 24 heavy (non-hydrogen) atoms. The van der Waals surface area contributed by atoms with Crippen LogP contribution in [0.25, 0.3) is 0 Å². The van der Waals surface area contributed by atoms with Crippen LogP contribution in [-0.4, -0.2) is 29.9 Å². The molecular weight excluding hydrogens is 304 g/mol. The SMILES string of the molecule is N[C@@H](CCC1CCCCC1)[C@@H](O)CNC(=O)OCc1ccccc1. The minimum Gasteiger partial charge on any atom is -0.445 e. The minimum absolute atomic E-state index is 0.124. The predicted octanol–water partition coefficient (Wildman–Crippen LogP) is 2.96. The van der Waals surface area contributed by atoms with Gasteiger partial charge in [0, 0.05) is 12.6 Å². The summed E-state index contributed by atoms with van der Waals surface area (Å²) in [6.07, 6.45) is 7.15. The number of alkyl carbamates (subject to hydrolysis) is 1. The summed E-state index contributed by atoms with van der Waals surface area (Å²) in [6.45, 7) is 0.343. The van der Waals surface area contributed by atoms with E-state index in [2.05, 4.69) is 5.32 Å². The number of nitrogens with one attached hydrogen (secondary N) is 1. The highest BCUT2D eigenvalue weighted by Crippen LogP contribution is 2.27. The Morgan fingerprint density at radius 3 is 2.67 bits per heavy atom. The van der Waals surface area contributed by atoms with Crippen molar-refractivity contribution in [3.63, 3.8) is 0 Å². The Morgan fingerprint density at radius 2 is 1.96 bits per heavy atom. The zero-order chi connectivity index (χ0) is 17.2. The van der Waals surface area contributed by atoms with Gasteiger partial charge in [-0.1, -0.05) is 62.4 Å². The molecule has 134 valence electrons. The number of hydrogen-bond acceptors (Lipinski definition) is 4. The summed E-state index contributed by atoms with van der Waals surface area (Å²) in [5.41, 5.74) is 6.97. The van der Waals surface area contributed by atoms with Gasteiger partial charge in [0.15, 0.2) is 0 Å². The van der Waals surface area contributed by atoms with E-state index in [0.717, 1.165) is 24.3 Å². The van der Waals surface area contributed by atoms with Crippen LogP contribution in [0.4, 0.5) is 4.79 Å². The molecule has 0 saturated heterocycles. The molecule has 4 N–H and O–H groups in total. The number of carbonyl (C=O) groups excluding carboxylic acids is 1. The monoisotopic (exact) mass is 334 g/mol. The Hall–Kier alpha value is -1.59. The summed E-state index contributed by atoms with van der Waals surface area (Å²) in [4.78, 5) is 11.7. The molecule has 0 aliphatic heterocycles. The lowest BCUT2D eigenvalue weighted by molar-refractivity contribution is 0.112. The molecule has 1 fully saturated rings. The standard InChI is InChI=1S/C19H30N2O3/c20-17(12-11-15-7-3-1-4-8-15)18(22)13-21-19(23)24-14-16-9-5-2-6-10-16/h2,5-6,9-10,15,17-18,22H,1,3-4,7-8,11-14,20H2,(H,21,23)/t17-,18-/m0/s1. The van der Waals surface area contributed by atoms with Crippen molar-refractivity contribution in [2.24, 2.45) is 11.7 Å². The molecule has 1 aromatic carbocycles. The van der Waals surface area contributed by atoms with Gasteiger partial charge in [0.2, 0.25) is 0 Å². The minimum atomic E-state index is -0.738. The van der Waals surface area contributed by atoms with Gasteiger partial charge in [0.1, 0.15) is 6.61 Å². The Kier molecular flexibility index (Phi) is 8.05. The first-order valence-corrected chi connectivity index (χ1v) is 9.03. The van der Waals surface area contributed by atoms with Gasteiger partial charge in [-0.05, 0) is 24.3 Å². The molecule has 0 bridgehead atoms. The molecule has 1 aromatic rings. The van der Waals surface area contributed by atoms with E-state index < -0.39 is 12.2 Å². The molecule has 1 saturated carbocycles. The van der Waals surface area contributed by atoms with E-state index in [9.17, 15) is 9.90 Å². The quantitative estimate of drug-likeness (QED) is 0.682. The Labute approximate surface area is 144 Å². The van der Waals surface area contributed by atoms with Crippen molar-refractivity contribution >= 4 is 6.09 Å². The van der Waals surface area contributed by atoms with Crippen LogP contribution in [-0.2, 0) is 11.3 Å². The molecular formula is C19H30N2O3. The average Bonchev–Trinajstić information content (AvgIpc) is 2.64. The van der Waals surface area contributed by atoms with E-state index in [4.69, 9.17) is 10.5 Å². The number of aliphatic hydroxyl groups is 1. The molecule has 0 aromatic heterocycles. The van der Waals surface area contributed by atoms with Gasteiger partial charge in [-0.25, -0.2) is 4.79 Å². The smallest absolute Gasteiger partial charge is 0.407 e. The summed E-state index contributed by atoms with van der Waals surface area (Å²) in [6, 6.07) is 9.18. The van der Waals surface area contributed by atoms with Crippen molar-refractivity contribution in [2.45, 2.75) is 63.7 Å². The van der Waals surface area contributed by atoms with E-state index in [0.29, 0.717) is 0 Å². The molecule has 0 heterocycles. The van der Waals surface area contributed by atoms with Crippen molar-refractivity contribution in [3.05, 3.63) is 35.9 Å². The number of rotatable bonds is 8. The number of ether oxygens (including phenoxy) is 1. The fourth-order valence-corrected chi connectivity index (χ4v) is 3.21. The first-order valence-electron chi connectivity index (χ1n) is 9.03. The zero-order valence-electron chi connectivity index (χ0n) is 14.3. The third-order valence-corrected chi connectivity index (χ3v) is 4.80. The number of nitrogens with two attached hydrogens (primary N) is 1. The molecule has 2 rings (SSSR count). The second-order valence-corrected chi connectivity index (χ2v) is 6.76. The summed E-state index contributed by atoms with van der Waals surface area (Å²) >= 11 is 0. The average molecular weight is 334 g/mol. The van der Waals surface area contributed by atoms with Crippen LogP contribution in [0.15, 0.2) is 30.3 Å². The largest absolute Gasteiger partial charge is 0.445 e. The lowest BCUT2D eigenvalue weighted by Gasteiger charge is -2.24. The Morgan fingerprint density at radius 1 is 1.25 bits per heavy atom. The molecule has 0 radical (unpaired) electrons. The van der Waals surface area contributed by atoms with E-state index in [1.54, 1.807) is 0 Å². The van der Waals surface area contributed by atoms with Gasteiger partial charge in [-0.2, -0.15) is 0 Å². The van der Waals surface area contributed by atoms with Gasteiger partial charge in [-0.15, -0.1) is 0 Å². The molecule has 1 amide bonds. The van der Waals surface area contributed by atoms with Crippen LogP contribution < -0.4 is 11.1 Å². The molecule has 0 unspecified atom stereocenters. The number of carbonyl (C=O) groups is 1. The molecule has 5 heteroatoms. The lowest BCUT2D eigenvalue weighted by Crippen LogP contribution is -2.43. The van der Waals surface area contributed by atoms with Crippen molar-refractivity contribution in [1.29, 1.82) is 0 Å². The number of hydrogen-bond donors (Lipinski definition) is 3. The lowest BCUT2D eigenvalue weighted by atomic mass is 9.85. The highest BCUT2D eigenvalue weighted by molar-refractivity contribution is 5.67. The summed E-state index contributed by atoms with van der Waals surface area (Å²) in [5.74, 6) is 0.751. The maximum absolute atomic E-state index is 11.7. The summed E-state index contributed by atoms with van der Waals surface area (Å²) < 4.78 is 5.11. The number of aliphatic hydroxyl groups excluding tert-OH is 1. The van der Waals surface area contributed by atoms with Crippen LogP contribution in [0, 0.1) is 5.92 Å². The predicted molar refractivity (Wildman–Crippen MR) is 94.4 cm³/mol. The van der Waals surface area contributed by atoms with Crippen molar-refractivity contribution in [1.82, 2.24) is 5.32 Å².